The third-order valence-corrected chi connectivity index (χ3v) is 5.26. The maximum Gasteiger partial charge on any atom is 0.227 e. The monoisotopic (exact) mass is 382 g/mol. The normalized spacial score (nSPS) is 17.3. The second-order valence-corrected chi connectivity index (χ2v) is 7.53. The third-order valence-electron chi connectivity index (χ3n) is 4.95. The van der Waals surface area contributed by atoms with Crippen LogP contribution in [-0.2, 0) is 9.59 Å². The summed E-state index contributed by atoms with van der Waals surface area (Å²) >= 11 is 5.55. The molecule has 1 atom stereocenters. The number of nitrogens with zero attached hydrogens (tertiary/aromatic N) is 2. The number of hydrogen-bond acceptors (Lipinski definition) is 4. The number of benzene rings is 2. The van der Waals surface area contributed by atoms with Crippen molar-refractivity contribution in [3.05, 3.63) is 48.0 Å². The Labute approximate surface area is 161 Å². The van der Waals surface area contributed by atoms with Gasteiger partial charge in [0.25, 0.3) is 0 Å². The summed E-state index contributed by atoms with van der Waals surface area (Å²) in [6, 6.07) is 13.6. The second-order valence-electron chi connectivity index (χ2n) is 7.16. The Balaban J connectivity index is 1.64. The fourth-order valence-corrected chi connectivity index (χ4v) is 3.47. The van der Waals surface area contributed by atoms with Gasteiger partial charge in [-0.25, -0.2) is 4.98 Å². The Bertz CT molecular complexity index is 1020. The molecule has 0 bridgehead atoms. The molecule has 1 unspecified atom stereocenters. The molecule has 1 aliphatic heterocycles. The van der Waals surface area contributed by atoms with Gasteiger partial charge < -0.3 is 9.32 Å². The summed E-state index contributed by atoms with van der Waals surface area (Å²) in [5.41, 5.74) is 4.18. The number of oxazole rings is 1. The summed E-state index contributed by atoms with van der Waals surface area (Å²) in [7, 11) is 0. The molecule has 0 N–H and O–H groups in total. The number of hydrogen-bond donors (Lipinski definition) is 0. The molecule has 3 aromatic rings. The molecule has 1 amide bonds. The molecular formula is C21H19ClN2O3. The van der Waals surface area contributed by atoms with Gasteiger partial charge in [-0.3, -0.25) is 9.59 Å². The van der Waals surface area contributed by atoms with Crippen molar-refractivity contribution in [2.75, 3.05) is 11.4 Å². The number of amides is 1. The zero-order valence-electron chi connectivity index (χ0n) is 15.1. The van der Waals surface area contributed by atoms with E-state index in [0.717, 1.165) is 5.56 Å². The molecule has 2 heterocycles. The van der Waals surface area contributed by atoms with Crippen molar-refractivity contribution in [2.45, 2.75) is 26.2 Å². The summed E-state index contributed by atoms with van der Waals surface area (Å²) in [4.78, 5) is 29.7. The Morgan fingerprint density at radius 1 is 1.22 bits per heavy atom. The van der Waals surface area contributed by atoms with Gasteiger partial charge in [-0.15, -0.1) is 0 Å². The zero-order valence-corrected chi connectivity index (χ0v) is 15.9. The van der Waals surface area contributed by atoms with Gasteiger partial charge in [-0.2, -0.15) is 0 Å². The van der Waals surface area contributed by atoms with Crippen molar-refractivity contribution >= 4 is 39.5 Å². The lowest BCUT2D eigenvalue weighted by Crippen LogP contribution is -2.25. The van der Waals surface area contributed by atoms with E-state index in [1.807, 2.05) is 18.2 Å². The molecule has 0 radical (unpaired) electrons. The topological polar surface area (TPSA) is 63.4 Å². The highest BCUT2D eigenvalue weighted by atomic mass is 35.5. The lowest BCUT2D eigenvalue weighted by atomic mass is 10.0. The predicted molar refractivity (Wildman–Crippen MR) is 105 cm³/mol. The molecule has 1 fully saturated rings. The van der Waals surface area contributed by atoms with E-state index in [-0.39, 0.29) is 12.3 Å². The standard InChI is InChI=1S/C21H19ClN2O3/c1-12(2)13-3-5-14(6-4-13)21-23-17-10-16(7-8-18(17)27-21)24-11-15(20(22)26)9-19(24)25/h3-8,10,12,15H,9,11H2,1-2H3. The lowest BCUT2D eigenvalue weighted by molar-refractivity contribution is -0.120. The average Bonchev–Trinajstić information content (AvgIpc) is 3.24. The molecule has 1 aliphatic rings. The van der Waals surface area contributed by atoms with Crippen LogP contribution >= 0.6 is 11.6 Å². The van der Waals surface area contributed by atoms with Crippen molar-refractivity contribution in [2.24, 2.45) is 5.92 Å². The van der Waals surface area contributed by atoms with Gasteiger partial charge in [0.1, 0.15) is 5.52 Å². The van der Waals surface area contributed by atoms with Crippen LogP contribution < -0.4 is 4.90 Å². The van der Waals surface area contributed by atoms with Gasteiger partial charge in [-0.05, 0) is 53.4 Å². The van der Waals surface area contributed by atoms with Crippen LogP contribution in [0.5, 0.6) is 0 Å². The minimum absolute atomic E-state index is 0.110. The summed E-state index contributed by atoms with van der Waals surface area (Å²) in [6.07, 6.45) is 0.145. The quantitative estimate of drug-likeness (QED) is 0.611. The zero-order chi connectivity index (χ0) is 19.1. The maximum atomic E-state index is 12.2. The van der Waals surface area contributed by atoms with E-state index < -0.39 is 11.2 Å². The highest BCUT2D eigenvalue weighted by Gasteiger charge is 2.34. The van der Waals surface area contributed by atoms with E-state index in [1.165, 1.54) is 5.56 Å². The van der Waals surface area contributed by atoms with Crippen molar-refractivity contribution in [3.63, 3.8) is 0 Å². The number of rotatable bonds is 4. The van der Waals surface area contributed by atoms with E-state index in [0.29, 0.717) is 35.1 Å². The fraction of sp³-hybridized carbons (Fsp3) is 0.286. The first-order valence-electron chi connectivity index (χ1n) is 8.93. The van der Waals surface area contributed by atoms with Crippen molar-refractivity contribution < 1.29 is 14.0 Å². The molecular weight excluding hydrogens is 364 g/mol. The molecule has 2 aromatic carbocycles. The molecule has 0 aliphatic carbocycles. The Kier molecular flexibility index (Phi) is 4.48. The van der Waals surface area contributed by atoms with Crippen LogP contribution in [0, 0.1) is 5.92 Å². The highest BCUT2D eigenvalue weighted by Crippen LogP contribution is 2.31. The first-order chi connectivity index (χ1) is 12.9. The Hall–Kier alpha value is -2.66. The van der Waals surface area contributed by atoms with E-state index in [9.17, 15) is 9.59 Å². The van der Waals surface area contributed by atoms with Crippen LogP contribution in [0.4, 0.5) is 5.69 Å². The van der Waals surface area contributed by atoms with Crippen molar-refractivity contribution in [1.82, 2.24) is 4.98 Å². The molecule has 0 spiro atoms. The molecule has 4 rings (SSSR count). The highest BCUT2D eigenvalue weighted by molar-refractivity contribution is 6.64. The van der Waals surface area contributed by atoms with Crippen LogP contribution in [0.1, 0.15) is 31.7 Å². The van der Waals surface area contributed by atoms with Crippen LogP contribution in [0.25, 0.3) is 22.6 Å². The molecule has 138 valence electrons. The summed E-state index contributed by atoms with van der Waals surface area (Å²) < 4.78 is 5.87. The number of anilines is 1. The Morgan fingerprint density at radius 2 is 1.96 bits per heavy atom. The van der Waals surface area contributed by atoms with Gasteiger partial charge in [-0.1, -0.05) is 26.0 Å². The minimum Gasteiger partial charge on any atom is -0.436 e. The number of halogens is 1. The largest absolute Gasteiger partial charge is 0.436 e. The van der Waals surface area contributed by atoms with Crippen LogP contribution in [-0.4, -0.2) is 22.7 Å². The van der Waals surface area contributed by atoms with Gasteiger partial charge >= 0.3 is 0 Å². The second kappa shape index (κ2) is 6.82. The van der Waals surface area contributed by atoms with Gasteiger partial charge in [0.05, 0.1) is 5.92 Å². The minimum atomic E-state index is -0.472. The summed E-state index contributed by atoms with van der Waals surface area (Å²) in [5, 5.41) is -0.472. The molecule has 1 aromatic heterocycles. The van der Waals surface area contributed by atoms with Crippen molar-refractivity contribution in [1.29, 1.82) is 0 Å². The summed E-state index contributed by atoms with van der Waals surface area (Å²) in [5.74, 6) is 0.439. The molecule has 0 saturated carbocycles. The number of aromatic nitrogens is 1. The van der Waals surface area contributed by atoms with E-state index >= 15 is 0 Å². The molecule has 1 saturated heterocycles. The van der Waals surface area contributed by atoms with Crippen LogP contribution in [0.2, 0.25) is 0 Å². The number of carbonyl (C=O) groups excluding carboxylic acids is 2. The first-order valence-corrected chi connectivity index (χ1v) is 9.31. The average molecular weight is 383 g/mol. The number of carbonyl (C=O) groups is 2. The maximum absolute atomic E-state index is 12.2. The van der Waals surface area contributed by atoms with E-state index in [1.54, 1.807) is 17.0 Å². The van der Waals surface area contributed by atoms with E-state index in [2.05, 4.69) is 31.0 Å². The molecule has 5 nitrogen and oxygen atoms in total. The van der Waals surface area contributed by atoms with Crippen molar-refractivity contribution in [3.8, 4) is 11.5 Å². The summed E-state index contributed by atoms with van der Waals surface area (Å²) in [6.45, 7) is 4.60. The van der Waals surface area contributed by atoms with Gasteiger partial charge in [0, 0.05) is 24.2 Å². The third kappa shape index (κ3) is 3.35. The predicted octanol–water partition coefficient (Wildman–Crippen LogP) is 4.74. The first kappa shape index (κ1) is 17.7. The smallest absolute Gasteiger partial charge is 0.227 e. The SMILES string of the molecule is CC(C)c1ccc(-c2nc3cc(N4CC(C(=O)Cl)CC4=O)ccc3o2)cc1. The molecule has 6 heteroatoms. The Morgan fingerprint density at radius 3 is 2.59 bits per heavy atom. The van der Waals surface area contributed by atoms with Crippen LogP contribution in [0.15, 0.2) is 46.9 Å². The van der Waals surface area contributed by atoms with Crippen LogP contribution in [0.3, 0.4) is 0 Å². The fourth-order valence-electron chi connectivity index (χ4n) is 3.33. The lowest BCUT2D eigenvalue weighted by Gasteiger charge is -2.15. The number of fused-ring (bicyclic) bond motifs is 1. The van der Waals surface area contributed by atoms with Gasteiger partial charge in [0.15, 0.2) is 5.58 Å². The van der Waals surface area contributed by atoms with Gasteiger partial charge in [0.2, 0.25) is 17.0 Å². The molecule has 27 heavy (non-hydrogen) atoms. The van der Waals surface area contributed by atoms with E-state index in [4.69, 9.17) is 16.0 Å².